The minimum absolute atomic E-state index is 0.719. The predicted molar refractivity (Wildman–Crippen MR) is 104 cm³/mol. The van der Waals surface area contributed by atoms with Crippen molar-refractivity contribution >= 4 is 0 Å². The van der Waals surface area contributed by atoms with Gasteiger partial charge in [0.05, 0.1) is 23.3 Å². The van der Waals surface area contributed by atoms with Crippen LogP contribution >= 0.6 is 0 Å². The van der Waals surface area contributed by atoms with Gasteiger partial charge >= 0.3 is 0 Å². The van der Waals surface area contributed by atoms with Crippen LogP contribution in [0.2, 0.25) is 0 Å². The van der Waals surface area contributed by atoms with E-state index in [1.165, 1.54) is 29.8 Å². The zero-order valence-corrected chi connectivity index (χ0v) is 16.9. The highest BCUT2D eigenvalue weighted by Gasteiger charge is 2.22. The summed E-state index contributed by atoms with van der Waals surface area (Å²) in [5, 5.41) is 4.54. The average molecular weight is 357 g/mol. The molecule has 6 nitrogen and oxygen atoms in total. The molecule has 26 heavy (non-hydrogen) atoms. The third kappa shape index (κ3) is 4.68. The van der Waals surface area contributed by atoms with Crippen LogP contribution in [0.25, 0.3) is 0 Å². The summed E-state index contributed by atoms with van der Waals surface area (Å²) in [6.07, 6.45) is 7.42. The Balaban J connectivity index is 1.49. The molecule has 0 atom stereocenters. The Morgan fingerprint density at radius 1 is 1.08 bits per heavy atom. The first-order valence-electron chi connectivity index (χ1n) is 9.58. The van der Waals surface area contributed by atoms with Crippen molar-refractivity contribution in [3.8, 4) is 0 Å². The van der Waals surface area contributed by atoms with Crippen molar-refractivity contribution in [2.45, 2.75) is 46.2 Å². The third-order valence-corrected chi connectivity index (χ3v) is 5.48. The van der Waals surface area contributed by atoms with Gasteiger partial charge < -0.3 is 4.90 Å². The van der Waals surface area contributed by atoms with Crippen LogP contribution in [0.4, 0.5) is 0 Å². The topological polar surface area (TPSA) is 50.1 Å². The molecule has 1 aliphatic rings. The summed E-state index contributed by atoms with van der Waals surface area (Å²) in [6, 6.07) is 0. The van der Waals surface area contributed by atoms with E-state index in [2.05, 4.69) is 52.8 Å². The predicted octanol–water partition coefficient (Wildman–Crippen LogP) is 2.34. The Hall–Kier alpha value is -1.79. The molecule has 1 saturated heterocycles. The van der Waals surface area contributed by atoms with Crippen LogP contribution in [-0.2, 0) is 26.6 Å². The number of aromatic nitrogens is 4. The highest BCUT2D eigenvalue weighted by atomic mass is 15.3. The average Bonchev–Trinajstić information content (AvgIpc) is 2.84. The van der Waals surface area contributed by atoms with Gasteiger partial charge in [0.15, 0.2) is 0 Å². The van der Waals surface area contributed by atoms with Gasteiger partial charge in [-0.2, -0.15) is 5.10 Å². The summed E-state index contributed by atoms with van der Waals surface area (Å²) in [6.45, 7) is 8.47. The monoisotopic (exact) mass is 356 g/mol. The van der Waals surface area contributed by atoms with Crippen molar-refractivity contribution in [1.29, 1.82) is 0 Å². The molecule has 0 bridgehead atoms. The summed E-state index contributed by atoms with van der Waals surface area (Å²) in [7, 11) is 6.14. The number of piperidine rings is 1. The second kappa shape index (κ2) is 8.27. The van der Waals surface area contributed by atoms with Crippen molar-refractivity contribution in [3.05, 3.63) is 40.7 Å². The maximum atomic E-state index is 4.62. The lowest BCUT2D eigenvalue weighted by Crippen LogP contribution is -2.34. The Morgan fingerprint density at radius 2 is 1.73 bits per heavy atom. The van der Waals surface area contributed by atoms with Crippen LogP contribution in [-0.4, -0.2) is 56.7 Å². The van der Waals surface area contributed by atoms with Gasteiger partial charge in [0.1, 0.15) is 0 Å². The summed E-state index contributed by atoms with van der Waals surface area (Å²) in [5.74, 6) is 0.719. The van der Waals surface area contributed by atoms with Crippen LogP contribution < -0.4 is 0 Å². The van der Waals surface area contributed by atoms with Gasteiger partial charge in [-0.1, -0.05) is 0 Å². The number of hydrogen-bond acceptors (Lipinski definition) is 5. The Kier molecular flexibility index (Phi) is 6.04. The van der Waals surface area contributed by atoms with Crippen LogP contribution in [0.5, 0.6) is 0 Å². The van der Waals surface area contributed by atoms with Crippen molar-refractivity contribution in [2.75, 3.05) is 27.2 Å². The van der Waals surface area contributed by atoms with E-state index in [0.717, 1.165) is 49.9 Å². The zero-order valence-electron chi connectivity index (χ0n) is 16.9. The van der Waals surface area contributed by atoms with E-state index in [9.17, 15) is 0 Å². The molecule has 1 aliphatic heterocycles. The minimum Gasteiger partial charge on any atom is -0.304 e. The molecule has 2 aromatic rings. The largest absolute Gasteiger partial charge is 0.304 e. The molecule has 3 rings (SSSR count). The smallest absolute Gasteiger partial charge is 0.0726 e. The van der Waals surface area contributed by atoms with E-state index < -0.39 is 0 Å². The SMILES string of the molecule is Cc1nn(C)c(C)c1CN1CCC(Cc2cnc(CN(C)C)cn2)CC1. The molecule has 142 valence electrons. The molecule has 0 unspecified atom stereocenters. The Bertz CT molecular complexity index is 711. The van der Waals surface area contributed by atoms with Crippen molar-refractivity contribution in [3.63, 3.8) is 0 Å². The van der Waals surface area contributed by atoms with E-state index in [4.69, 9.17) is 0 Å². The number of hydrogen-bond donors (Lipinski definition) is 0. The number of likely N-dealkylation sites (tertiary alicyclic amines) is 1. The molecular weight excluding hydrogens is 324 g/mol. The molecule has 1 fully saturated rings. The van der Waals surface area contributed by atoms with Gasteiger partial charge in [0, 0.05) is 37.6 Å². The van der Waals surface area contributed by atoms with Crippen LogP contribution in [0.3, 0.4) is 0 Å². The number of rotatable bonds is 6. The van der Waals surface area contributed by atoms with E-state index in [0.29, 0.717) is 0 Å². The first-order chi connectivity index (χ1) is 12.4. The lowest BCUT2D eigenvalue weighted by molar-refractivity contribution is 0.176. The summed E-state index contributed by atoms with van der Waals surface area (Å²) in [5.41, 5.74) is 6.02. The van der Waals surface area contributed by atoms with E-state index in [-0.39, 0.29) is 0 Å². The van der Waals surface area contributed by atoms with Crippen LogP contribution in [0.1, 0.15) is 41.2 Å². The molecule has 0 saturated carbocycles. The fourth-order valence-electron chi connectivity index (χ4n) is 3.81. The molecular formula is C20H32N6. The highest BCUT2D eigenvalue weighted by molar-refractivity contribution is 5.24. The molecule has 0 aromatic carbocycles. The lowest BCUT2D eigenvalue weighted by atomic mass is 9.92. The lowest BCUT2D eigenvalue weighted by Gasteiger charge is -2.32. The van der Waals surface area contributed by atoms with Gasteiger partial charge in [0.2, 0.25) is 0 Å². The van der Waals surface area contributed by atoms with Gasteiger partial charge in [-0.3, -0.25) is 19.5 Å². The Morgan fingerprint density at radius 3 is 2.27 bits per heavy atom. The van der Waals surface area contributed by atoms with Gasteiger partial charge in [-0.15, -0.1) is 0 Å². The van der Waals surface area contributed by atoms with Crippen molar-refractivity contribution < 1.29 is 0 Å². The van der Waals surface area contributed by atoms with E-state index >= 15 is 0 Å². The summed E-state index contributed by atoms with van der Waals surface area (Å²) < 4.78 is 2.00. The second-order valence-electron chi connectivity index (χ2n) is 7.93. The fourth-order valence-corrected chi connectivity index (χ4v) is 3.81. The van der Waals surface area contributed by atoms with Crippen molar-refractivity contribution in [1.82, 2.24) is 29.5 Å². The Labute approximate surface area is 157 Å². The molecule has 0 radical (unpaired) electrons. The molecule has 0 amide bonds. The molecule has 3 heterocycles. The molecule has 0 spiro atoms. The summed E-state index contributed by atoms with van der Waals surface area (Å²) in [4.78, 5) is 13.9. The standard InChI is InChI=1S/C20H32N6/c1-15-20(16(2)25(5)23-15)14-26-8-6-17(7-9-26)10-18-11-22-19(12-21-18)13-24(3)4/h11-12,17H,6-10,13-14H2,1-5H3. The third-order valence-electron chi connectivity index (χ3n) is 5.48. The van der Waals surface area contributed by atoms with Gasteiger partial charge in [-0.05, 0) is 66.2 Å². The van der Waals surface area contributed by atoms with Gasteiger partial charge in [-0.25, -0.2) is 0 Å². The maximum absolute atomic E-state index is 4.62. The quantitative estimate of drug-likeness (QED) is 0.795. The zero-order chi connectivity index (χ0) is 18.7. The first kappa shape index (κ1) is 19.0. The fraction of sp³-hybridized carbons (Fsp3) is 0.650. The molecule has 0 aliphatic carbocycles. The number of aryl methyl sites for hydroxylation is 2. The number of nitrogens with zero attached hydrogens (tertiary/aromatic N) is 6. The highest BCUT2D eigenvalue weighted by Crippen LogP contribution is 2.23. The summed E-state index contributed by atoms with van der Waals surface area (Å²) >= 11 is 0. The first-order valence-corrected chi connectivity index (χ1v) is 9.58. The normalized spacial score (nSPS) is 16.5. The van der Waals surface area contributed by atoms with E-state index in [1.807, 2.05) is 24.1 Å². The van der Waals surface area contributed by atoms with Crippen LogP contribution in [0, 0.1) is 19.8 Å². The van der Waals surface area contributed by atoms with Gasteiger partial charge in [0.25, 0.3) is 0 Å². The van der Waals surface area contributed by atoms with E-state index in [1.54, 1.807) is 0 Å². The molecule has 0 N–H and O–H groups in total. The maximum Gasteiger partial charge on any atom is 0.0726 e. The minimum atomic E-state index is 0.719. The second-order valence-corrected chi connectivity index (χ2v) is 7.93. The van der Waals surface area contributed by atoms with Crippen LogP contribution in [0.15, 0.2) is 12.4 Å². The van der Waals surface area contributed by atoms with Crippen molar-refractivity contribution in [2.24, 2.45) is 13.0 Å². The molecule has 2 aromatic heterocycles. The molecule has 6 heteroatoms.